The van der Waals surface area contributed by atoms with Crippen LogP contribution in [-0.2, 0) is 0 Å². The lowest BCUT2D eigenvalue weighted by Gasteiger charge is -2.28. The Bertz CT molecular complexity index is 511. The summed E-state index contributed by atoms with van der Waals surface area (Å²) in [4.78, 5) is 14.1. The third-order valence-corrected chi connectivity index (χ3v) is 4.07. The summed E-state index contributed by atoms with van der Waals surface area (Å²) in [6.07, 6.45) is 4.23. The number of anilines is 1. The highest BCUT2D eigenvalue weighted by Crippen LogP contribution is 2.30. The average Bonchev–Trinajstić information content (AvgIpc) is 2.99. The molecule has 0 bridgehead atoms. The molecule has 1 atom stereocenters. The van der Waals surface area contributed by atoms with Gasteiger partial charge in [-0.15, -0.1) is 0 Å². The lowest BCUT2D eigenvalue weighted by molar-refractivity contribution is 0.125. The number of nitrogens with one attached hydrogen (secondary N) is 1. The fraction of sp³-hybridized carbons (Fsp3) is 0.611. The number of benzene rings is 1. The van der Waals surface area contributed by atoms with E-state index in [1.54, 1.807) is 11.8 Å². The van der Waals surface area contributed by atoms with Gasteiger partial charge < -0.3 is 20.1 Å². The minimum Gasteiger partial charge on any atom is -0.488 e. The van der Waals surface area contributed by atoms with Crippen LogP contribution in [0.4, 0.5) is 10.5 Å². The highest BCUT2D eigenvalue weighted by Gasteiger charge is 2.21. The van der Waals surface area contributed by atoms with Gasteiger partial charge >= 0.3 is 6.03 Å². The maximum atomic E-state index is 12.5. The molecule has 2 N–H and O–H groups in total. The van der Waals surface area contributed by atoms with E-state index in [-0.39, 0.29) is 18.2 Å². The van der Waals surface area contributed by atoms with Crippen LogP contribution in [0.2, 0.25) is 0 Å². The SMILES string of the molecule is CC(O)CN(C(=O)Nc1ccccc1OC1CCCC1)C(C)C. The number of hydrogen-bond acceptors (Lipinski definition) is 3. The van der Waals surface area contributed by atoms with Gasteiger partial charge in [0.1, 0.15) is 5.75 Å². The Balaban J connectivity index is 2.07. The van der Waals surface area contributed by atoms with E-state index in [0.717, 1.165) is 12.8 Å². The Labute approximate surface area is 138 Å². The molecular weight excluding hydrogens is 292 g/mol. The summed E-state index contributed by atoms with van der Waals surface area (Å²) in [5.41, 5.74) is 0.681. The maximum absolute atomic E-state index is 12.5. The second-order valence-corrected chi connectivity index (χ2v) is 6.55. The van der Waals surface area contributed by atoms with Crippen molar-refractivity contribution in [3.63, 3.8) is 0 Å². The Hall–Kier alpha value is -1.75. The number of aliphatic hydroxyl groups excluding tert-OH is 1. The van der Waals surface area contributed by atoms with Gasteiger partial charge in [0.2, 0.25) is 0 Å². The van der Waals surface area contributed by atoms with Crippen molar-refractivity contribution in [3.8, 4) is 5.75 Å². The molecule has 1 aliphatic carbocycles. The third kappa shape index (κ3) is 5.13. The van der Waals surface area contributed by atoms with Crippen LogP contribution in [0.15, 0.2) is 24.3 Å². The number of nitrogens with zero attached hydrogens (tertiary/aromatic N) is 1. The van der Waals surface area contributed by atoms with E-state index < -0.39 is 6.10 Å². The molecule has 128 valence electrons. The first-order valence-electron chi connectivity index (χ1n) is 8.48. The molecule has 5 nitrogen and oxygen atoms in total. The van der Waals surface area contributed by atoms with Crippen molar-refractivity contribution < 1.29 is 14.6 Å². The molecule has 1 unspecified atom stereocenters. The van der Waals surface area contributed by atoms with Crippen LogP contribution < -0.4 is 10.1 Å². The molecule has 0 radical (unpaired) electrons. The fourth-order valence-electron chi connectivity index (χ4n) is 2.86. The van der Waals surface area contributed by atoms with E-state index >= 15 is 0 Å². The van der Waals surface area contributed by atoms with Crippen molar-refractivity contribution in [2.45, 2.75) is 64.7 Å². The van der Waals surface area contributed by atoms with E-state index in [2.05, 4.69) is 5.32 Å². The molecule has 1 fully saturated rings. The molecule has 2 amide bonds. The van der Waals surface area contributed by atoms with E-state index in [0.29, 0.717) is 18.0 Å². The molecule has 1 aromatic carbocycles. The number of amides is 2. The number of rotatable bonds is 6. The highest BCUT2D eigenvalue weighted by molar-refractivity contribution is 5.91. The van der Waals surface area contributed by atoms with Crippen molar-refractivity contribution in [2.75, 3.05) is 11.9 Å². The zero-order valence-electron chi connectivity index (χ0n) is 14.3. The Morgan fingerprint density at radius 1 is 1.30 bits per heavy atom. The van der Waals surface area contributed by atoms with Crippen LogP contribution in [-0.4, -0.2) is 40.8 Å². The zero-order chi connectivity index (χ0) is 16.8. The molecule has 0 aromatic heterocycles. The van der Waals surface area contributed by atoms with Crippen molar-refractivity contribution in [1.29, 1.82) is 0 Å². The minimum atomic E-state index is -0.562. The van der Waals surface area contributed by atoms with Gasteiger partial charge in [0.05, 0.1) is 17.9 Å². The molecule has 5 heteroatoms. The predicted molar refractivity (Wildman–Crippen MR) is 91.9 cm³/mol. The van der Waals surface area contributed by atoms with E-state index in [1.807, 2.05) is 38.1 Å². The molecule has 0 saturated heterocycles. The van der Waals surface area contributed by atoms with Crippen molar-refractivity contribution in [1.82, 2.24) is 4.90 Å². The summed E-state index contributed by atoms with van der Waals surface area (Å²) in [5.74, 6) is 0.716. The van der Waals surface area contributed by atoms with Gasteiger partial charge in [-0.05, 0) is 58.6 Å². The number of carbonyl (C=O) groups excluding carboxylic acids is 1. The largest absolute Gasteiger partial charge is 0.488 e. The molecular formula is C18H28N2O3. The number of carbonyl (C=O) groups is 1. The molecule has 1 saturated carbocycles. The van der Waals surface area contributed by atoms with Gasteiger partial charge in [-0.3, -0.25) is 0 Å². The lowest BCUT2D eigenvalue weighted by atomic mass is 10.2. The van der Waals surface area contributed by atoms with E-state index in [1.165, 1.54) is 12.8 Å². The first kappa shape index (κ1) is 17.6. The number of aliphatic hydroxyl groups is 1. The maximum Gasteiger partial charge on any atom is 0.322 e. The van der Waals surface area contributed by atoms with Crippen molar-refractivity contribution in [2.24, 2.45) is 0 Å². The number of hydrogen-bond donors (Lipinski definition) is 2. The third-order valence-electron chi connectivity index (χ3n) is 4.07. The summed E-state index contributed by atoms with van der Waals surface area (Å²) in [5, 5.41) is 12.5. The minimum absolute atomic E-state index is 0.00696. The summed E-state index contributed by atoms with van der Waals surface area (Å²) in [6, 6.07) is 7.32. The topological polar surface area (TPSA) is 61.8 Å². The van der Waals surface area contributed by atoms with Crippen molar-refractivity contribution >= 4 is 11.7 Å². The van der Waals surface area contributed by atoms with Gasteiger partial charge in [0.25, 0.3) is 0 Å². The number of para-hydroxylation sites is 2. The summed E-state index contributed by atoms with van der Waals surface area (Å²) < 4.78 is 6.05. The average molecular weight is 320 g/mol. The quantitative estimate of drug-likeness (QED) is 0.841. The van der Waals surface area contributed by atoms with Gasteiger partial charge in [-0.2, -0.15) is 0 Å². The van der Waals surface area contributed by atoms with Crippen LogP contribution in [0.1, 0.15) is 46.5 Å². The second kappa shape index (κ2) is 8.20. The van der Waals surface area contributed by atoms with Crippen LogP contribution >= 0.6 is 0 Å². The van der Waals surface area contributed by atoms with Gasteiger partial charge in [-0.1, -0.05) is 12.1 Å². The Kier molecular flexibility index (Phi) is 6.28. The standard InChI is InChI=1S/C18H28N2O3/c1-13(2)20(12-14(3)21)18(22)19-16-10-6-7-11-17(16)23-15-8-4-5-9-15/h6-7,10-11,13-15,21H,4-5,8-9,12H2,1-3H3,(H,19,22). The number of urea groups is 1. The van der Waals surface area contributed by atoms with E-state index in [4.69, 9.17) is 4.74 Å². The van der Waals surface area contributed by atoms with Gasteiger partial charge in [0.15, 0.2) is 0 Å². The molecule has 2 rings (SSSR count). The molecule has 1 aliphatic rings. The molecule has 0 spiro atoms. The van der Waals surface area contributed by atoms with Crippen LogP contribution in [0.25, 0.3) is 0 Å². The van der Waals surface area contributed by atoms with Gasteiger partial charge in [0, 0.05) is 12.6 Å². The van der Waals surface area contributed by atoms with Crippen LogP contribution in [0, 0.1) is 0 Å². The lowest BCUT2D eigenvalue weighted by Crippen LogP contribution is -2.43. The summed E-state index contributed by atoms with van der Waals surface area (Å²) in [7, 11) is 0. The molecule has 1 aromatic rings. The summed E-state index contributed by atoms with van der Waals surface area (Å²) in [6.45, 7) is 5.85. The smallest absolute Gasteiger partial charge is 0.322 e. The highest BCUT2D eigenvalue weighted by atomic mass is 16.5. The Morgan fingerprint density at radius 2 is 1.96 bits per heavy atom. The normalized spacial score (nSPS) is 16.4. The van der Waals surface area contributed by atoms with E-state index in [9.17, 15) is 9.90 Å². The first-order valence-corrected chi connectivity index (χ1v) is 8.48. The second-order valence-electron chi connectivity index (χ2n) is 6.55. The number of ether oxygens (including phenoxy) is 1. The molecule has 23 heavy (non-hydrogen) atoms. The van der Waals surface area contributed by atoms with Gasteiger partial charge in [-0.25, -0.2) is 4.79 Å². The monoisotopic (exact) mass is 320 g/mol. The van der Waals surface area contributed by atoms with Crippen LogP contribution in [0.3, 0.4) is 0 Å². The fourth-order valence-corrected chi connectivity index (χ4v) is 2.86. The Morgan fingerprint density at radius 3 is 2.57 bits per heavy atom. The summed E-state index contributed by atoms with van der Waals surface area (Å²) >= 11 is 0. The molecule has 0 heterocycles. The zero-order valence-corrected chi connectivity index (χ0v) is 14.3. The van der Waals surface area contributed by atoms with Crippen LogP contribution in [0.5, 0.6) is 5.75 Å². The molecule has 0 aliphatic heterocycles. The predicted octanol–water partition coefficient (Wildman–Crippen LogP) is 3.63. The van der Waals surface area contributed by atoms with Crippen molar-refractivity contribution in [3.05, 3.63) is 24.3 Å². The first-order chi connectivity index (χ1) is 11.0.